The van der Waals surface area contributed by atoms with Gasteiger partial charge in [-0.3, -0.25) is 4.79 Å². The van der Waals surface area contributed by atoms with E-state index in [0.717, 1.165) is 24.9 Å². The molecule has 0 saturated carbocycles. The average Bonchev–Trinajstić information content (AvgIpc) is 3.13. The number of hydrogen-bond acceptors (Lipinski definition) is 4. The summed E-state index contributed by atoms with van der Waals surface area (Å²) in [5.74, 6) is 0.712. The van der Waals surface area contributed by atoms with Crippen molar-refractivity contribution in [3.8, 4) is 11.5 Å². The lowest BCUT2D eigenvalue weighted by Crippen LogP contribution is -2.40. The van der Waals surface area contributed by atoms with Gasteiger partial charge in [-0.2, -0.15) is 0 Å². The van der Waals surface area contributed by atoms with Crippen LogP contribution in [0.2, 0.25) is 0 Å². The Balaban J connectivity index is 1.89. The van der Waals surface area contributed by atoms with E-state index in [1.54, 1.807) is 6.92 Å². The fourth-order valence-electron chi connectivity index (χ4n) is 2.78. The summed E-state index contributed by atoms with van der Waals surface area (Å²) in [7, 11) is 0. The van der Waals surface area contributed by atoms with Crippen LogP contribution in [0.15, 0.2) is 34.7 Å². The molecule has 5 nitrogen and oxygen atoms in total. The van der Waals surface area contributed by atoms with Crippen LogP contribution in [0.25, 0.3) is 11.5 Å². The van der Waals surface area contributed by atoms with E-state index in [4.69, 9.17) is 10.2 Å². The quantitative estimate of drug-likeness (QED) is 0.938. The molecule has 0 radical (unpaired) electrons. The molecule has 1 unspecified atom stereocenters. The molecule has 1 amide bonds. The Bertz CT molecular complexity index is 636. The summed E-state index contributed by atoms with van der Waals surface area (Å²) >= 11 is 0. The summed E-state index contributed by atoms with van der Waals surface area (Å²) < 4.78 is 5.72. The van der Waals surface area contributed by atoms with Gasteiger partial charge in [0.1, 0.15) is 0 Å². The highest BCUT2D eigenvalue weighted by Gasteiger charge is 2.31. The molecule has 0 spiro atoms. The van der Waals surface area contributed by atoms with Gasteiger partial charge < -0.3 is 15.1 Å². The topological polar surface area (TPSA) is 72.4 Å². The smallest absolute Gasteiger partial charge is 0.291 e. The lowest BCUT2D eigenvalue weighted by atomic mass is 10.2. The Morgan fingerprint density at radius 2 is 2.19 bits per heavy atom. The van der Waals surface area contributed by atoms with Gasteiger partial charge >= 0.3 is 0 Å². The van der Waals surface area contributed by atoms with Crippen LogP contribution in [0, 0.1) is 6.92 Å². The summed E-state index contributed by atoms with van der Waals surface area (Å²) in [6.07, 6.45) is 1.95. The lowest BCUT2D eigenvalue weighted by molar-refractivity contribution is 0.0709. The number of oxazole rings is 1. The molecule has 1 fully saturated rings. The van der Waals surface area contributed by atoms with Crippen LogP contribution in [0.3, 0.4) is 0 Å². The van der Waals surface area contributed by atoms with Gasteiger partial charge in [0.15, 0.2) is 0 Å². The van der Waals surface area contributed by atoms with Gasteiger partial charge in [0.25, 0.3) is 5.91 Å². The molecule has 2 aromatic rings. The van der Waals surface area contributed by atoms with Crippen LogP contribution < -0.4 is 5.73 Å². The first-order valence-corrected chi connectivity index (χ1v) is 7.24. The molecule has 1 aromatic carbocycles. The van der Waals surface area contributed by atoms with E-state index in [0.29, 0.717) is 23.9 Å². The summed E-state index contributed by atoms with van der Waals surface area (Å²) in [5, 5.41) is 0. The van der Waals surface area contributed by atoms with Crippen molar-refractivity contribution in [2.24, 2.45) is 5.73 Å². The molecular weight excluding hydrogens is 266 g/mol. The van der Waals surface area contributed by atoms with Crippen molar-refractivity contribution in [1.82, 2.24) is 9.88 Å². The van der Waals surface area contributed by atoms with E-state index in [-0.39, 0.29) is 11.9 Å². The molecule has 3 rings (SSSR count). The molecule has 0 aliphatic carbocycles. The highest BCUT2D eigenvalue weighted by molar-refractivity contribution is 5.93. The summed E-state index contributed by atoms with van der Waals surface area (Å²) in [4.78, 5) is 18.8. The maximum Gasteiger partial charge on any atom is 0.291 e. The second kappa shape index (κ2) is 5.69. The number of nitrogens with two attached hydrogens (primary N) is 1. The molecule has 5 heteroatoms. The second-order valence-corrected chi connectivity index (χ2v) is 5.33. The normalized spacial score (nSPS) is 18.2. The Morgan fingerprint density at radius 1 is 1.43 bits per heavy atom. The van der Waals surface area contributed by atoms with Gasteiger partial charge in [0.2, 0.25) is 11.7 Å². The summed E-state index contributed by atoms with van der Waals surface area (Å²) in [6.45, 7) is 3.03. The number of carbonyl (C=O) groups is 1. The van der Waals surface area contributed by atoms with Gasteiger partial charge in [-0.1, -0.05) is 18.2 Å². The molecule has 2 heterocycles. The Morgan fingerprint density at radius 3 is 2.90 bits per heavy atom. The van der Waals surface area contributed by atoms with Crippen LogP contribution >= 0.6 is 0 Å². The van der Waals surface area contributed by atoms with Crippen molar-refractivity contribution in [1.29, 1.82) is 0 Å². The highest BCUT2D eigenvalue weighted by atomic mass is 16.4. The van der Waals surface area contributed by atoms with Crippen LogP contribution in [-0.4, -0.2) is 34.9 Å². The second-order valence-electron chi connectivity index (χ2n) is 5.33. The number of rotatable bonds is 3. The first-order valence-electron chi connectivity index (χ1n) is 7.24. The van der Waals surface area contributed by atoms with E-state index in [1.165, 1.54) is 0 Å². The van der Waals surface area contributed by atoms with Crippen molar-refractivity contribution in [2.45, 2.75) is 25.8 Å². The average molecular weight is 285 g/mol. The molecule has 1 aromatic heterocycles. The number of aromatic nitrogens is 1. The maximum absolute atomic E-state index is 12.6. The van der Waals surface area contributed by atoms with E-state index in [1.807, 2.05) is 35.2 Å². The SMILES string of the molecule is Cc1nc(-c2ccccc2)oc1C(=O)N1CCCC1CN. The van der Waals surface area contributed by atoms with Crippen molar-refractivity contribution < 1.29 is 9.21 Å². The number of likely N-dealkylation sites (tertiary alicyclic amines) is 1. The zero-order valence-corrected chi connectivity index (χ0v) is 12.1. The van der Waals surface area contributed by atoms with E-state index in [2.05, 4.69) is 4.98 Å². The van der Waals surface area contributed by atoms with Crippen LogP contribution in [0.4, 0.5) is 0 Å². The minimum Gasteiger partial charge on any atom is -0.431 e. The molecule has 1 aliphatic heterocycles. The molecule has 0 bridgehead atoms. The third kappa shape index (κ3) is 2.56. The molecule has 1 aliphatic rings. The Kier molecular flexibility index (Phi) is 3.75. The fraction of sp³-hybridized carbons (Fsp3) is 0.375. The zero-order valence-electron chi connectivity index (χ0n) is 12.1. The van der Waals surface area contributed by atoms with Crippen molar-refractivity contribution in [3.05, 3.63) is 41.8 Å². The van der Waals surface area contributed by atoms with Gasteiger partial charge in [0, 0.05) is 24.7 Å². The van der Waals surface area contributed by atoms with E-state index < -0.39 is 0 Å². The predicted octanol–water partition coefficient (Wildman–Crippen LogP) is 2.21. The summed E-state index contributed by atoms with van der Waals surface area (Å²) in [5.41, 5.74) is 7.23. The molecule has 110 valence electrons. The Labute approximate surface area is 123 Å². The van der Waals surface area contributed by atoms with Gasteiger partial charge in [-0.15, -0.1) is 0 Å². The molecule has 21 heavy (non-hydrogen) atoms. The zero-order chi connectivity index (χ0) is 14.8. The standard InChI is InChI=1S/C16H19N3O2/c1-11-14(16(20)19-9-5-8-13(19)10-17)21-15(18-11)12-6-3-2-4-7-12/h2-4,6-7,13H,5,8-10,17H2,1H3. The third-order valence-electron chi connectivity index (χ3n) is 3.92. The van der Waals surface area contributed by atoms with E-state index >= 15 is 0 Å². The molecule has 1 saturated heterocycles. The highest BCUT2D eigenvalue weighted by Crippen LogP contribution is 2.25. The number of amides is 1. The van der Waals surface area contributed by atoms with Gasteiger partial charge in [-0.05, 0) is 31.9 Å². The maximum atomic E-state index is 12.6. The van der Waals surface area contributed by atoms with Crippen molar-refractivity contribution in [3.63, 3.8) is 0 Å². The minimum absolute atomic E-state index is 0.102. The van der Waals surface area contributed by atoms with Crippen molar-refractivity contribution in [2.75, 3.05) is 13.1 Å². The first-order chi connectivity index (χ1) is 10.2. The molecule has 2 N–H and O–H groups in total. The molecule has 1 atom stereocenters. The first kappa shape index (κ1) is 13.8. The van der Waals surface area contributed by atoms with E-state index in [9.17, 15) is 4.79 Å². The number of benzene rings is 1. The lowest BCUT2D eigenvalue weighted by Gasteiger charge is -2.22. The van der Waals surface area contributed by atoms with Crippen LogP contribution in [0.1, 0.15) is 29.1 Å². The number of hydrogen-bond donors (Lipinski definition) is 1. The van der Waals surface area contributed by atoms with Gasteiger partial charge in [-0.25, -0.2) is 4.98 Å². The van der Waals surface area contributed by atoms with Crippen LogP contribution in [0.5, 0.6) is 0 Å². The van der Waals surface area contributed by atoms with Crippen molar-refractivity contribution >= 4 is 5.91 Å². The number of nitrogens with zero attached hydrogens (tertiary/aromatic N) is 2. The van der Waals surface area contributed by atoms with Gasteiger partial charge in [0.05, 0.1) is 5.69 Å². The molecular formula is C16H19N3O2. The fourth-order valence-corrected chi connectivity index (χ4v) is 2.78. The largest absolute Gasteiger partial charge is 0.431 e. The number of carbonyl (C=O) groups excluding carboxylic acids is 1. The predicted molar refractivity (Wildman–Crippen MR) is 79.8 cm³/mol. The Hall–Kier alpha value is -2.14. The summed E-state index contributed by atoms with van der Waals surface area (Å²) in [6, 6.07) is 9.71. The monoisotopic (exact) mass is 285 g/mol. The third-order valence-corrected chi connectivity index (χ3v) is 3.92. The van der Waals surface area contributed by atoms with Crippen LogP contribution in [-0.2, 0) is 0 Å². The number of aryl methyl sites for hydroxylation is 1. The minimum atomic E-state index is -0.102.